The maximum Gasteiger partial charge on any atom is 0.264 e. The third-order valence-electron chi connectivity index (χ3n) is 4.93. The Balaban J connectivity index is 1.96. The van der Waals surface area contributed by atoms with Crippen LogP contribution in [0.3, 0.4) is 0 Å². The average molecular weight is 416 g/mol. The van der Waals surface area contributed by atoms with Crippen LogP contribution in [-0.4, -0.2) is 52.4 Å². The number of hydrogen-bond acceptors (Lipinski definition) is 12. The molecule has 12 nitrogen and oxygen atoms in total. The molecule has 0 bridgehead atoms. The van der Waals surface area contributed by atoms with Gasteiger partial charge in [0.05, 0.1) is 21.9 Å². The molecular weight excluding hydrogens is 408 g/mol. The molecule has 0 amide bonds. The summed E-state index contributed by atoms with van der Waals surface area (Å²) in [6, 6.07) is 0. The van der Waals surface area contributed by atoms with Crippen LogP contribution in [0.1, 0.15) is 32.2 Å². The fourth-order valence-electron chi connectivity index (χ4n) is 3.53. The summed E-state index contributed by atoms with van der Waals surface area (Å²) in [7, 11) is 0. The topological polar surface area (TPSA) is 222 Å². The Labute approximate surface area is 162 Å². The van der Waals surface area contributed by atoms with Crippen molar-refractivity contribution < 1.29 is 59.3 Å². The SMILES string of the molecule is O=C1c2oc3c(O)c(O)c(O)c(O)c3c2C(=O)c2c1oc1c(O)c(O)c(O)c(O)c21. The first-order valence-electron chi connectivity index (χ1n) is 8.01. The Morgan fingerprint density at radius 1 is 0.433 bits per heavy atom. The minimum atomic E-state index is -1.19. The molecule has 152 valence electrons. The molecule has 4 aromatic rings. The molecule has 0 aliphatic heterocycles. The molecule has 1 aliphatic rings. The number of fused-ring (bicyclic) bond motifs is 6. The highest BCUT2D eigenvalue weighted by molar-refractivity contribution is 6.35. The highest BCUT2D eigenvalue weighted by Gasteiger charge is 2.44. The van der Waals surface area contributed by atoms with Crippen molar-refractivity contribution in [3.63, 3.8) is 0 Å². The van der Waals surface area contributed by atoms with Gasteiger partial charge in [0.15, 0.2) is 34.2 Å². The molecule has 0 radical (unpaired) electrons. The number of carbonyl (C=O) groups excluding carboxylic acids is 2. The first-order valence-corrected chi connectivity index (χ1v) is 8.01. The molecule has 0 saturated carbocycles. The Kier molecular flexibility index (Phi) is 2.89. The largest absolute Gasteiger partial charge is 0.504 e. The van der Waals surface area contributed by atoms with E-state index < -0.39 is 102 Å². The first kappa shape index (κ1) is 17.4. The van der Waals surface area contributed by atoms with Crippen LogP contribution < -0.4 is 0 Å². The summed E-state index contributed by atoms with van der Waals surface area (Å²) >= 11 is 0. The van der Waals surface area contributed by atoms with E-state index in [1.54, 1.807) is 0 Å². The van der Waals surface area contributed by atoms with E-state index in [4.69, 9.17) is 8.83 Å². The van der Waals surface area contributed by atoms with Gasteiger partial charge >= 0.3 is 0 Å². The third kappa shape index (κ3) is 1.66. The Hall–Kier alpha value is -4.74. The van der Waals surface area contributed by atoms with Crippen LogP contribution in [-0.2, 0) is 0 Å². The van der Waals surface area contributed by atoms with Gasteiger partial charge in [-0.25, -0.2) is 0 Å². The van der Waals surface area contributed by atoms with Crippen molar-refractivity contribution in [3.8, 4) is 46.0 Å². The van der Waals surface area contributed by atoms with Crippen LogP contribution in [0.25, 0.3) is 21.9 Å². The number of ketones is 2. The molecule has 0 unspecified atom stereocenters. The molecule has 2 heterocycles. The van der Waals surface area contributed by atoms with Crippen molar-refractivity contribution in [2.75, 3.05) is 0 Å². The molecular formula is C18H8O12. The monoisotopic (exact) mass is 416 g/mol. The van der Waals surface area contributed by atoms with Crippen LogP contribution in [0.15, 0.2) is 8.83 Å². The number of hydrogen-bond donors (Lipinski definition) is 8. The zero-order chi connectivity index (χ0) is 21.8. The highest BCUT2D eigenvalue weighted by Crippen LogP contribution is 2.55. The van der Waals surface area contributed by atoms with Gasteiger partial charge in [-0.05, 0) is 0 Å². The van der Waals surface area contributed by atoms with E-state index >= 15 is 0 Å². The zero-order valence-electron chi connectivity index (χ0n) is 14.2. The molecule has 0 atom stereocenters. The number of phenolic OH excluding ortho intramolecular Hbond substituents is 8. The molecule has 0 saturated heterocycles. The summed E-state index contributed by atoms with van der Waals surface area (Å²) in [4.78, 5) is 26.0. The first-order chi connectivity index (χ1) is 14.1. The molecule has 1 aliphatic carbocycles. The van der Waals surface area contributed by atoms with Gasteiger partial charge in [0.25, 0.3) is 5.78 Å². The van der Waals surface area contributed by atoms with Gasteiger partial charge in [-0.1, -0.05) is 0 Å². The van der Waals surface area contributed by atoms with Crippen molar-refractivity contribution in [2.24, 2.45) is 0 Å². The smallest absolute Gasteiger partial charge is 0.264 e. The van der Waals surface area contributed by atoms with Gasteiger partial charge in [-0.3, -0.25) is 9.59 Å². The lowest BCUT2D eigenvalue weighted by Crippen LogP contribution is -2.17. The standard InChI is InChI=1S/C18H8O12/c19-5-1-3-6(20)8(22)10(24)12(26)15(3)29-17(1)14(28)18-2(5)4-7(21)9(23)11(25)13(27)16(4)30-18/h20-27H. The van der Waals surface area contributed by atoms with Crippen molar-refractivity contribution in [1.29, 1.82) is 0 Å². The summed E-state index contributed by atoms with van der Waals surface area (Å²) in [5.74, 6) is -12.6. The van der Waals surface area contributed by atoms with Gasteiger partial charge in [0, 0.05) is 0 Å². The summed E-state index contributed by atoms with van der Waals surface area (Å²) in [6.07, 6.45) is 0. The fraction of sp³-hybridized carbons (Fsp3) is 0. The minimum Gasteiger partial charge on any atom is -0.504 e. The molecule has 30 heavy (non-hydrogen) atoms. The van der Waals surface area contributed by atoms with Gasteiger partial charge in [-0.2, -0.15) is 0 Å². The molecule has 2 aromatic heterocycles. The van der Waals surface area contributed by atoms with Gasteiger partial charge < -0.3 is 49.7 Å². The van der Waals surface area contributed by atoms with Crippen LogP contribution in [0, 0.1) is 0 Å². The normalized spacial score (nSPS) is 13.2. The predicted octanol–water partition coefficient (Wildman–Crippen LogP) is 1.60. The zero-order valence-corrected chi connectivity index (χ0v) is 14.2. The number of benzene rings is 2. The summed E-state index contributed by atoms with van der Waals surface area (Å²) in [5.41, 5.74) is -2.65. The summed E-state index contributed by atoms with van der Waals surface area (Å²) in [6.45, 7) is 0. The minimum absolute atomic E-state index is 0.608. The molecule has 8 N–H and O–H groups in total. The number of phenols is 8. The van der Waals surface area contributed by atoms with Crippen molar-refractivity contribution in [3.05, 3.63) is 22.6 Å². The second-order valence-corrected chi connectivity index (χ2v) is 6.47. The van der Waals surface area contributed by atoms with Crippen LogP contribution >= 0.6 is 0 Å². The maximum absolute atomic E-state index is 13.2. The lowest BCUT2D eigenvalue weighted by atomic mass is 9.89. The number of rotatable bonds is 0. The molecule has 0 fully saturated rings. The lowest BCUT2D eigenvalue weighted by Gasteiger charge is -2.10. The van der Waals surface area contributed by atoms with Crippen molar-refractivity contribution >= 4 is 33.5 Å². The Morgan fingerprint density at radius 2 is 0.767 bits per heavy atom. The second kappa shape index (κ2) is 5.00. The van der Waals surface area contributed by atoms with Gasteiger partial charge in [0.2, 0.25) is 40.3 Å². The summed E-state index contributed by atoms with van der Waals surface area (Å²) in [5, 5.41) is 78.0. The molecule has 0 spiro atoms. The number of furan rings is 2. The van der Waals surface area contributed by atoms with Gasteiger partial charge in [0.1, 0.15) is 0 Å². The van der Waals surface area contributed by atoms with E-state index in [1.165, 1.54) is 0 Å². The Morgan fingerprint density at radius 3 is 1.13 bits per heavy atom. The van der Waals surface area contributed by atoms with Crippen LogP contribution in [0.5, 0.6) is 46.0 Å². The van der Waals surface area contributed by atoms with E-state index in [0.717, 1.165) is 0 Å². The van der Waals surface area contributed by atoms with E-state index in [0.29, 0.717) is 0 Å². The number of aromatic hydroxyl groups is 8. The van der Waals surface area contributed by atoms with Crippen LogP contribution in [0.4, 0.5) is 0 Å². The van der Waals surface area contributed by atoms with E-state index in [2.05, 4.69) is 0 Å². The highest BCUT2D eigenvalue weighted by atomic mass is 16.4. The van der Waals surface area contributed by atoms with E-state index in [1.807, 2.05) is 0 Å². The van der Waals surface area contributed by atoms with Crippen molar-refractivity contribution in [1.82, 2.24) is 0 Å². The third-order valence-corrected chi connectivity index (χ3v) is 4.93. The van der Waals surface area contributed by atoms with Crippen LogP contribution in [0.2, 0.25) is 0 Å². The predicted molar refractivity (Wildman–Crippen MR) is 92.6 cm³/mol. The Bertz CT molecular complexity index is 1390. The quantitative estimate of drug-likeness (QED) is 0.133. The van der Waals surface area contributed by atoms with E-state index in [9.17, 15) is 50.4 Å². The van der Waals surface area contributed by atoms with E-state index in [-0.39, 0.29) is 0 Å². The fourth-order valence-corrected chi connectivity index (χ4v) is 3.53. The molecule has 5 rings (SSSR count). The number of carbonyl (C=O) groups is 2. The molecule has 12 heteroatoms. The van der Waals surface area contributed by atoms with Crippen molar-refractivity contribution in [2.45, 2.75) is 0 Å². The molecule has 2 aromatic carbocycles. The lowest BCUT2D eigenvalue weighted by molar-refractivity contribution is 0.0942. The maximum atomic E-state index is 13.2. The second-order valence-electron chi connectivity index (χ2n) is 6.47. The average Bonchev–Trinajstić information content (AvgIpc) is 3.32. The summed E-state index contributed by atoms with van der Waals surface area (Å²) < 4.78 is 10.3. The van der Waals surface area contributed by atoms with Gasteiger partial charge in [-0.15, -0.1) is 0 Å².